The highest BCUT2D eigenvalue weighted by Crippen LogP contribution is 2.21. The summed E-state index contributed by atoms with van der Waals surface area (Å²) in [5.74, 6) is 0. The fourth-order valence-electron chi connectivity index (χ4n) is 2.74. The summed E-state index contributed by atoms with van der Waals surface area (Å²) < 4.78 is 0. The standard InChI is InChI=1S/C19H20N2/c1-2-21-19(18-8-5-11-20-14-18)13-15-9-10-16-6-3-4-7-17(16)12-15/h3-12,14,19,21H,2,13H2,1H3. The molecule has 0 aliphatic heterocycles. The Morgan fingerprint density at radius 1 is 1.00 bits per heavy atom. The van der Waals surface area contributed by atoms with E-state index in [1.165, 1.54) is 21.9 Å². The van der Waals surface area contributed by atoms with Gasteiger partial charge in [-0.05, 0) is 40.9 Å². The predicted octanol–water partition coefficient (Wildman–Crippen LogP) is 4.13. The quantitative estimate of drug-likeness (QED) is 0.758. The zero-order chi connectivity index (χ0) is 14.5. The van der Waals surface area contributed by atoms with E-state index in [9.17, 15) is 0 Å². The summed E-state index contributed by atoms with van der Waals surface area (Å²) >= 11 is 0. The average molecular weight is 276 g/mol. The summed E-state index contributed by atoms with van der Waals surface area (Å²) in [6.07, 6.45) is 4.75. The molecule has 0 saturated carbocycles. The predicted molar refractivity (Wildman–Crippen MR) is 88.3 cm³/mol. The Labute approximate surface area is 125 Å². The Morgan fingerprint density at radius 2 is 1.86 bits per heavy atom. The second-order valence-corrected chi connectivity index (χ2v) is 5.28. The van der Waals surface area contributed by atoms with E-state index in [0.29, 0.717) is 6.04 Å². The van der Waals surface area contributed by atoms with Crippen molar-refractivity contribution in [3.05, 3.63) is 78.1 Å². The topological polar surface area (TPSA) is 24.9 Å². The van der Waals surface area contributed by atoms with E-state index in [0.717, 1.165) is 13.0 Å². The van der Waals surface area contributed by atoms with Gasteiger partial charge in [-0.15, -0.1) is 0 Å². The van der Waals surface area contributed by atoms with E-state index >= 15 is 0 Å². The van der Waals surface area contributed by atoms with E-state index in [2.05, 4.69) is 65.8 Å². The van der Waals surface area contributed by atoms with Gasteiger partial charge in [-0.3, -0.25) is 4.98 Å². The second kappa shape index (κ2) is 6.51. The Hall–Kier alpha value is -2.19. The van der Waals surface area contributed by atoms with Gasteiger partial charge < -0.3 is 5.32 Å². The van der Waals surface area contributed by atoms with Gasteiger partial charge in [0.05, 0.1) is 0 Å². The maximum atomic E-state index is 4.24. The van der Waals surface area contributed by atoms with Crippen LogP contribution < -0.4 is 5.32 Å². The number of nitrogens with zero attached hydrogens (tertiary/aromatic N) is 1. The summed E-state index contributed by atoms with van der Waals surface area (Å²) in [6, 6.07) is 19.7. The molecule has 2 heteroatoms. The number of rotatable bonds is 5. The molecule has 0 radical (unpaired) electrons. The first-order valence-corrected chi connectivity index (χ1v) is 7.48. The third-order valence-corrected chi connectivity index (χ3v) is 3.79. The zero-order valence-corrected chi connectivity index (χ0v) is 12.3. The van der Waals surface area contributed by atoms with Gasteiger partial charge in [0.25, 0.3) is 0 Å². The number of likely N-dealkylation sites (N-methyl/N-ethyl adjacent to an activating group) is 1. The molecule has 0 amide bonds. The summed E-state index contributed by atoms with van der Waals surface area (Å²) in [7, 11) is 0. The molecule has 2 nitrogen and oxygen atoms in total. The lowest BCUT2D eigenvalue weighted by Crippen LogP contribution is -2.23. The molecule has 106 valence electrons. The van der Waals surface area contributed by atoms with E-state index in [1.807, 2.05) is 18.5 Å². The summed E-state index contributed by atoms with van der Waals surface area (Å²) in [6.45, 7) is 3.09. The van der Waals surface area contributed by atoms with Crippen molar-refractivity contribution in [3.63, 3.8) is 0 Å². The van der Waals surface area contributed by atoms with Gasteiger partial charge in [-0.1, -0.05) is 55.5 Å². The van der Waals surface area contributed by atoms with Crippen molar-refractivity contribution in [2.75, 3.05) is 6.54 Å². The van der Waals surface area contributed by atoms with Crippen LogP contribution >= 0.6 is 0 Å². The fourth-order valence-corrected chi connectivity index (χ4v) is 2.74. The summed E-state index contributed by atoms with van der Waals surface area (Å²) in [5, 5.41) is 6.15. The van der Waals surface area contributed by atoms with Crippen LogP contribution in [0.25, 0.3) is 10.8 Å². The molecular weight excluding hydrogens is 256 g/mol. The van der Waals surface area contributed by atoms with Gasteiger partial charge in [-0.25, -0.2) is 0 Å². The number of hydrogen-bond acceptors (Lipinski definition) is 2. The highest BCUT2D eigenvalue weighted by molar-refractivity contribution is 5.83. The van der Waals surface area contributed by atoms with Gasteiger partial charge in [-0.2, -0.15) is 0 Å². The number of fused-ring (bicyclic) bond motifs is 1. The Morgan fingerprint density at radius 3 is 2.62 bits per heavy atom. The lowest BCUT2D eigenvalue weighted by Gasteiger charge is -2.18. The molecule has 0 aliphatic carbocycles. The highest BCUT2D eigenvalue weighted by atomic mass is 14.9. The van der Waals surface area contributed by atoms with Crippen LogP contribution in [0.1, 0.15) is 24.1 Å². The lowest BCUT2D eigenvalue weighted by atomic mass is 9.98. The zero-order valence-electron chi connectivity index (χ0n) is 12.3. The first-order chi connectivity index (χ1) is 10.4. The van der Waals surface area contributed by atoms with E-state index in [1.54, 1.807) is 0 Å². The smallest absolute Gasteiger partial charge is 0.0376 e. The molecule has 0 spiro atoms. The molecule has 1 unspecified atom stereocenters. The van der Waals surface area contributed by atoms with Crippen molar-refractivity contribution in [2.45, 2.75) is 19.4 Å². The molecule has 0 aliphatic rings. The number of aromatic nitrogens is 1. The molecule has 21 heavy (non-hydrogen) atoms. The molecule has 3 rings (SSSR count). The number of hydrogen-bond donors (Lipinski definition) is 1. The first-order valence-electron chi connectivity index (χ1n) is 7.48. The molecule has 1 heterocycles. The van der Waals surface area contributed by atoms with Crippen LogP contribution in [-0.4, -0.2) is 11.5 Å². The SMILES string of the molecule is CCNC(Cc1ccc2ccccc2c1)c1cccnc1. The molecule has 1 atom stereocenters. The summed E-state index contributed by atoms with van der Waals surface area (Å²) in [5.41, 5.74) is 2.59. The third kappa shape index (κ3) is 3.29. The van der Waals surface area contributed by atoms with E-state index in [4.69, 9.17) is 0 Å². The van der Waals surface area contributed by atoms with Gasteiger partial charge in [0.1, 0.15) is 0 Å². The van der Waals surface area contributed by atoms with Crippen LogP contribution in [0.15, 0.2) is 67.0 Å². The molecule has 2 aromatic carbocycles. The third-order valence-electron chi connectivity index (χ3n) is 3.79. The number of benzene rings is 2. The van der Waals surface area contributed by atoms with E-state index < -0.39 is 0 Å². The summed E-state index contributed by atoms with van der Waals surface area (Å²) in [4.78, 5) is 4.24. The molecule has 1 N–H and O–H groups in total. The fraction of sp³-hybridized carbons (Fsp3) is 0.211. The minimum Gasteiger partial charge on any atom is -0.310 e. The van der Waals surface area contributed by atoms with Gasteiger partial charge in [0, 0.05) is 18.4 Å². The Bertz CT molecular complexity index is 707. The minimum absolute atomic E-state index is 0.310. The van der Waals surface area contributed by atoms with Crippen molar-refractivity contribution in [2.24, 2.45) is 0 Å². The average Bonchev–Trinajstić information content (AvgIpc) is 2.55. The molecule has 0 fully saturated rings. The number of nitrogens with one attached hydrogen (secondary N) is 1. The van der Waals surface area contributed by atoms with Gasteiger partial charge in [0.15, 0.2) is 0 Å². The van der Waals surface area contributed by atoms with Crippen LogP contribution in [0, 0.1) is 0 Å². The minimum atomic E-state index is 0.310. The van der Waals surface area contributed by atoms with Crippen molar-refractivity contribution < 1.29 is 0 Å². The lowest BCUT2D eigenvalue weighted by molar-refractivity contribution is 0.548. The van der Waals surface area contributed by atoms with Crippen LogP contribution in [0.3, 0.4) is 0 Å². The second-order valence-electron chi connectivity index (χ2n) is 5.28. The van der Waals surface area contributed by atoms with Crippen molar-refractivity contribution in [1.29, 1.82) is 0 Å². The normalized spacial score (nSPS) is 12.4. The van der Waals surface area contributed by atoms with Crippen LogP contribution in [-0.2, 0) is 6.42 Å². The maximum absolute atomic E-state index is 4.24. The Balaban J connectivity index is 1.87. The monoisotopic (exact) mass is 276 g/mol. The van der Waals surface area contributed by atoms with Gasteiger partial charge >= 0.3 is 0 Å². The van der Waals surface area contributed by atoms with Crippen LogP contribution in [0.4, 0.5) is 0 Å². The molecule has 0 bridgehead atoms. The van der Waals surface area contributed by atoms with Crippen molar-refractivity contribution in [3.8, 4) is 0 Å². The van der Waals surface area contributed by atoms with Gasteiger partial charge in [0.2, 0.25) is 0 Å². The maximum Gasteiger partial charge on any atom is 0.0376 e. The van der Waals surface area contributed by atoms with Crippen LogP contribution in [0.5, 0.6) is 0 Å². The first kappa shape index (κ1) is 13.8. The Kier molecular flexibility index (Phi) is 4.27. The largest absolute Gasteiger partial charge is 0.310 e. The molecule has 3 aromatic rings. The number of pyridine rings is 1. The van der Waals surface area contributed by atoms with Crippen molar-refractivity contribution in [1.82, 2.24) is 10.3 Å². The molecule has 0 saturated heterocycles. The molecule has 1 aromatic heterocycles. The van der Waals surface area contributed by atoms with E-state index in [-0.39, 0.29) is 0 Å². The van der Waals surface area contributed by atoms with Crippen molar-refractivity contribution >= 4 is 10.8 Å². The molecular formula is C19H20N2. The van der Waals surface area contributed by atoms with Crippen LogP contribution in [0.2, 0.25) is 0 Å². The highest BCUT2D eigenvalue weighted by Gasteiger charge is 2.11.